The fraction of sp³-hybridized carbons (Fsp3) is 0.647. The maximum atomic E-state index is 5.51. The van der Waals surface area contributed by atoms with E-state index in [1.165, 1.54) is 24.9 Å². The summed E-state index contributed by atoms with van der Waals surface area (Å²) >= 11 is 0. The van der Waals surface area contributed by atoms with Crippen molar-refractivity contribution in [1.82, 2.24) is 10.2 Å². The number of likely N-dealkylation sites (tertiary alicyclic amines) is 1. The molecule has 1 heterocycles. The molecule has 3 heteroatoms. The van der Waals surface area contributed by atoms with Crippen LogP contribution in [0.1, 0.15) is 38.3 Å². The molecule has 1 aliphatic heterocycles. The standard InChI is InChI=1S/C17H28N2O/c1-13-9-10-14(2)19(11-13)12-16(18-3)15-7-5-6-8-17(15)20-4/h5-8,13-14,16,18H,9-12H2,1-4H3. The first-order chi connectivity index (χ1) is 9.65. The average molecular weight is 276 g/mol. The molecule has 1 N–H and O–H groups in total. The third kappa shape index (κ3) is 3.53. The van der Waals surface area contributed by atoms with Crippen molar-refractivity contribution in [1.29, 1.82) is 0 Å². The van der Waals surface area contributed by atoms with Crippen molar-refractivity contribution in [3.8, 4) is 5.75 Å². The van der Waals surface area contributed by atoms with Gasteiger partial charge in [-0.1, -0.05) is 25.1 Å². The van der Waals surface area contributed by atoms with Crippen LogP contribution in [0.15, 0.2) is 24.3 Å². The number of ether oxygens (including phenoxy) is 1. The van der Waals surface area contributed by atoms with E-state index < -0.39 is 0 Å². The first kappa shape index (κ1) is 15.3. The first-order valence-electron chi connectivity index (χ1n) is 7.70. The van der Waals surface area contributed by atoms with Crippen molar-refractivity contribution in [2.24, 2.45) is 5.92 Å². The molecule has 0 bridgehead atoms. The van der Waals surface area contributed by atoms with E-state index >= 15 is 0 Å². The Hall–Kier alpha value is -1.06. The SMILES string of the molecule is CNC(CN1CC(C)CCC1C)c1ccccc1OC. The summed E-state index contributed by atoms with van der Waals surface area (Å²) in [6.07, 6.45) is 2.67. The maximum Gasteiger partial charge on any atom is 0.123 e. The average Bonchev–Trinajstić information content (AvgIpc) is 2.48. The Morgan fingerprint density at radius 2 is 2.05 bits per heavy atom. The molecule has 0 aliphatic carbocycles. The summed E-state index contributed by atoms with van der Waals surface area (Å²) in [6.45, 7) is 6.95. The molecule has 1 aliphatic rings. The number of para-hydroxylation sites is 1. The molecule has 0 amide bonds. The molecule has 3 unspecified atom stereocenters. The number of benzene rings is 1. The molecular weight excluding hydrogens is 248 g/mol. The predicted molar refractivity (Wildman–Crippen MR) is 84.2 cm³/mol. The van der Waals surface area contributed by atoms with Crippen LogP contribution in [0.5, 0.6) is 5.75 Å². The van der Waals surface area contributed by atoms with Crippen molar-refractivity contribution in [3.63, 3.8) is 0 Å². The maximum absolute atomic E-state index is 5.51. The van der Waals surface area contributed by atoms with Crippen LogP contribution in [0.25, 0.3) is 0 Å². The molecule has 3 nitrogen and oxygen atoms in total. The topological polar surface area (TPSA) is 24.5 Å². The third-order valence-corrected chi connectivity index (χ3v) is 4.53. The number of likely N-dealkylation sites (N-methyl/N-ethyl adjacent to an activating group) is 1. The van der Waals surface area contributed by atoms with Crippen molar-refractivity contribution in [2.45, 2.75) is 38.8 Å². The zero-order chi connectivity index (χ0) is 14.5. The lowest BCUT2D eigenvalue weighted by molar-refractivity contribution is 0.113. The highest BCUT2D eigenvalue weighted by Gasteiger charge is 2.26. The quantitative estimate of drug-likeness (QED) is 0.894. The third-order valence-electron chi connectivity index (χ3n) is 4.53. The number of hydrogen-bond acceptors (Lipinski definition) is 3. The minimum atomic E-state index is 0.318. The Morgan fingerprint density at radius 1 is 1.30 bits per heavy atom. The molecule has 0 saturated carbocycles. The molecule has 0 radical (unpaired) electrons. The molecule has 1 fully saturated rings. The summed E-state index contributed by atoms with van der Waals surface area (Å²) in [4.78, 5) is 2.61. The fourth-order valence-corrected chi connectivity index (χ4v) is 3.17. The van der Waals surface area contributed by atoms with Gasteiger partial charge < -0.3 is 10.1 Å². The van der Waals surface area contributed by atoms with E-state index in [0.717, 1.165) is 18.2 Å². The first-order valence-corrected chi connectivity index (χ1v) is 7.70. The van der Waals surface area contributed by atoms with Gasteiger partial charge in [0.1, 0.15) is 5.75 Å². The van der Waals surface area contributed by atoms with E-state index in [1.807, 2.05) is 19.2 Å². The number of rotatable bonds is 5. The lowest BCUT2D eigenvalue weighted by atomic mass is 9.94. The summed E-state index contributed by atoms with van der Waals surface area (Å²) < 4.78 is 5.51. The normalized spacial score (nSPS) is 25.4. The summed E-state index contributed by atoms with van der Waals surface area (Å²) in [5, 5.41) is 3.45. The highest BCUT2D eigenvalue weighted by Crippen LogP contribution is 2.28. The van der Waals surface area contributed by atoms with Crippen molar-refractivity contribution in [3.05, 3.63) is 29.8 Å². The monoisotopic (exact) mass is 276 g/mol. The Morgan fingerprint density at radius 3 is 2.75 bits per heavy atom. The molecule has 0 spiro atoms. The van der Waals surface area contributed by atoms with Gasteiger partial charge in [-0.3, -0.25) is 4.90 Å². The van der Waals surface area contributed by atoms with Crippen LogP contribution < -0.4 is 10.1 Å². The van der Waals surface area contributed by atoms with Crippen LogP contribution in [0.4, 0.5) is 0 Å². The minimum Gasteiger partial charge on any atom is -0.496 e. The Kier molecular flexibility index (Phi) is 5.44. The zero-order valence-corrected chi connectivity index (χ0v) is 13.2. The van der Waals surface area contributed by atoms with E-state index in [1.54, 1.807) is 7.11 Å². The second-order valence-corrected chi connectivity index (χ2v) is 6.07. The van der Waals surface area contributed by atoms with Crippen LogP contribution in [0.2, 0.25) is 0 Å². The van der Waals surface area contributed by atoms with Crippen LogP contribution in [-0.4, -0.2) is 38.2 Å². The second-order valence-electron chi connectivity index (χ2n) is 6.07. The van der Waals surface area contributed by atoms with Crippen LogP contribution >= 0.6 is 0 Å². The molecule has 112 valence electrons. The van der Waals surface area contributed by atoms with E-state index in [4.69, 9.17) is 4.74 Å². The van der Waals surface area contributed by atoms with Gasteiger partial charge in [-0.2, -0.15) is 0 Å². The molecule has 1 aromatic carbocycles. The molecule has 20 heavy (non-hydrogen) atoms. The van der Waals surface area contributed by atoms with E-state index in [0.29, 0.717) is 12.1 Å². The Balaban J connectivity index is 2.12. The largest absolute Gasteiger partial charge is 0.496 e. The minimum absolute atomic E-state index is 0.318. The molecule has 1 aromatic rings. The molecule has 2 rings (SSSR count). The lowest BCUT2D eigenvalue weighted by Gasteiger charge is -2.39. The molecule has 1 saturated heterocycles. The van der Waals surface area contributed by atoms with Gasteiger partial charge in [0.2, 0.25) is 0 Å². The summed E-state index contributed by atoms with van der Waals surface area (Å²) in [5.41, 5.74) is 1.25. The van der Waals surface area contributed by atoms with Gasteiger partial charge in [-0.15, -0.1) is 0 Å². The van der Waals surface area contributed by atoms with Gasteiger partial charge in [-0.25, -0.2) is 0 Å². The lowest BCUT2D eigenvalue weighted by Crippen LogP contribution is -2.45. The highest BCUT2D eigenvalue weighted by molar-refractivity contribution is 5.36. The zero-order valence-electron chi connectivity index (χ0n) is 13.2. The molecular formula is C17H28N2O. The van der Waals surface area contributed by atoms with Crippen LogP contribution in [0.3, 0.4) is 0 Å². The van der Waals surface area contributed by atoms with Crippen LogP contribution in [0, 0.1) is 5.92 Å². The number of methoxy groups -OCH3 is 1. The van der Waals surface area contributed by atoms with E-state index in [-0.39, 0.29) is 0 Å². The molecule has 0 aromatic heterocycles. The van der Waals surface area contributed by atoms with Crippen molar-refractivity contribution in [2.75, 3.05) is 27.2 Å². The van der Waals surface area contributed by atoms with E-state index in [2.05, 4.69) is 36.2 Å². The number of piperidine rings is 1. The predicted octanol–water partition coefficient (Wildman–Crippen LogP) is 3.08. The van der Waals surface area contributed by atoms with Crippen molar-refractivity contribution >= 4 is 0 Å². The van der Waals surface area contributed by atoms with Gasteiger partial charge in [0.05, 0.1) is 7.11 Å². The number of hydrogen-bond donors (Lipinski definition) is 1. The second kappa shape index (κ2) is 7.09. The summed E-state index contributed by atoms with van der Waals surface area (Å²) in [5.74, 6) is 1.78. The Labute approximate surface area is 123 Å². The van der Waals surface area contributed by atoms with Crippen LogP contribution in [-0.2, 0) is 0 Å². The van der Waals surface area contributed by atoms with Gasteiger partial charge in [0, 0.05) is 30.7 Å². The van der Waals surface area contributed by atoms with Crippen molar-refractivity contribution < 1.29 is 4.74 Å². The van der Waals surface area contributed by atoms with Gasteiger partial charge in [0.15, 0.2) is 0 Å². The summed E-state index contributed by atoms with van der Waals surface area (Å²) in [7, 11) is 3.78. The fourth-order valence-electron chi connectivity index (χ4n) is 3.17. The number of nitrogens with zero attached hydrogens (tertiary/aromatic N) is 1. The van der Waals surface area contributed by atoms with E-state index in [9.17, 15) is 0 Å². The Bertz CT molecular complexity index is 421. The van der Waals surface area contributed by atoms with Gasteiger partial charge in [0.25, 0.3) is 0 Å². The van der Waals surface area contributed by atoms with Gasteiger partial charge in [-0.05, 0) is 38.8 Å². The highest BCUT2D eigenvalue weighted by atomic mass is 16.5. The van der Waals surface area contributed by atoms with Gasteiger partial charge >= 0.3 is 0 Å². The molecule has 3 atom stereocenters. The number of nitrogens with one attached hydrogen (secondary N) is 1. The summed E-state index contributed by atoms with van der Waals surface area (Å²) in [6, 6.07) is 9.32. The smallest absolute Gasteiger partial charge is 0.123 e.